The topological polar surface area (TPSA) is 9.23 Å². The first-order valence-corrected chi connectivity index (χ1v) is 8.66. The van der Waals surface area contributed by atoms with Crippen molar-refractivity contribution >= 4 is 54.8 Å². The Morgan fingerprint density at radius 2 is 1.79 bits per heavy atom. The van der Waals surface area contributed by atoms with Gasteiger partial charge in [-0.1, -0.05) is 12.1 Å². The molecule has 0 aliphatic heterocycles. The van der Waals surface area contributed by atoms with Crippen LogP contribution in [-0.2, 0) is 0 Å². The second-order valence-corrected chi connectivity index (χ2v) is 8.56. The molecule has 0 saturated carbocycles. The molecule has 0 amide bonds. The van der Waals surface area contributed by atoms with Gasteiger partial charge in [-0.05, 0) is 69.5 Å². The van der Waals surface area contributed by atoms with Crippen LogP contribution < -0.4 is 4.74 Å². The number of hydrogen-bond acceptors (Lipinski definition) is 2. The first kappa shape index (κ1) is 15.4. The van der Waals surface area contributed by atoms with Crippen molar-refractivity contribution in [3.05, 3.63) is 49.0 Å². The molecule has 2 rings (SSSR count). The summed E-state index contributed by atoms with van der Waals surface area (Å²) in [7, 11) is 0. The van der Waals surface area contributed by atoms with E-state index >= 15 is 0 Å². The van der Waals surface area contributed by atoms with Crippen molar-refractivity contribution < 1.29 is 4.74 Å². The van der Waals surface area contributed by atoms with Crippen LogP contribution in [0.25, 0.3) is 0 Å². The monoisotopic (exact) mass is 422 g/mol. The normalized spacial score (nSPS) is 12.7. The average Bonchev–Trinajstić information content (AvgIpc) is 2.68. The Kier molecular flexibility index (Phi) is 5.35. The van der Waals surface area contributed by atoms with Crippen LogP contribution >= 0.6 is 54.8 Å². The van der Waals surface area contributed by atoms with Crippen LogP contribution in [0.4, 0.5) is 0 Å². The zero-order valence-electron chi connectivity index (χ0n) is 10.5. The van der Waals surface area contributed by atoms with Gasteiger partial charge in [0.2, 0.25) is 0 Å². The fourth-order valence-electron chi connectivity index (χ4n) is 1.69. The molecule has 0 aliphatic carbocycles. The molecule has 0 N–H and O–H groups in total. The minimum absolute atomic E-state index is 0.162. The summed E-state index contributed by atoms with van der Waals surface area (Å²) < 4.78 is 7.75. The molecule has 0 spiro atoms. The number of halogens is 3. The maximum atomic E-state index is 6.52. The zero-order chi connectivity index (χ0) is 14.0. The van der Waals surface area contributed by atoms with Crippen LogP contribution in [0.15, 0.2) is 37.9 Å². The highest BCUT2D eigenvalue weighted by atomic mass is 79.9. The Morgan fingerprint density at radius 1 is 1.16 bits per heavy atom. The van der Waals surface area contributed by atoms with Crippen molar-refractivity contribution in [3.8, 4) is 5.75 Å². The van der Waals surface area contributed by atoms with E-state index < -0.39 is 0 Å². The summed E-state index contributed by atoms with van der Waals surface area (Å²) in [6, 6.07) is 9.98. The van der Waals surface area contributed by atoms with Crippen LogP contribution in [0.3, 0.4) is 0 Å². The molecule has 102 valence electrons. The van der Waals surface area contributed by atoms with Crippen LogP contribution in [0, 0.1) is 0 Å². The van der Waals surface area contributed by atoms with E-state index in [-0.39, 0.29) is 11.5 Å². The Morgan fingerprint density at radius 3 is 2.26 bits per heavy atom. The minimum Gasteiger partial charge on any atom is -0.491 e. The molecule has 1 aromatic heterocycles. The summed E-state index contributed by atoms with van der Waals surface area (Å²) in [6.07, 6.45) is 0.180. The third-order valence-corrected chi connectivity index (χ3v) is 5.37. The molecule has 0 saturated heterocycles. The van der Waals surface area contributed by atoms with Gasteiger partial charge in [-0.3, -0.25) is 0 Å². The molecule has 1 unspecified atom stereocenters. The number of benzene rings is 1. The number of thiophene rings is 1. The van der Waals surface area contributed by atoms with Crippen molar-refractivity contribution in [1.29, 1.82) is 0 Å². The van der Waals surface area contributed by atoms with E-state index in [1.54, 1.807) is 11.3 Å². The van der Waals surface area contributed by atoms with Crippen molar-refractivity contribution in [2.45, 2.75) is 25.3 Å². The van der Waals surface area contributed by atoms with Gasteiger partial charge in [-0.2, -0.15) is 0 Å². The number of alkyl halides is 1. The van der Waals surface area contributed by atoms with E-state index in [2.05, 4.69) is 31.9 Å². The standard InChI is InChI=1S/C14H13Br2ClOS/c1-8(2)18-10-5-3-9(4-6-10)13(17)11-7-12(15)19-14(11)16/h3-8,13H,1-2H3. The van der Waals surface area contributed by atoms with Gasteiger partial charge in [-0.25, -0.2) is 0 Å². The van der Waals surface area contributed by atoms with Gasteiger partial charge in [0.1, 0.15) is 5.75 Å². The Balaban J connectivity index is 2.20. The average molecular weight is 425 g/mol. The van der Waals surface area contributed by atoms with Crippen molar-refractivity contribution in [3.63, 3.8) is 0 Å². The number of hydrogen-bond donors (Lipinski definition) is 0. The third-order valence-electron chi connectivity index (χ3n) is 2.50. The first-order valence-electron chi connectivity index (χ1n) is 5.83. The molecule has 2 aromatic rings. The second-order valence-electron chi connectivity index (χ2n) is 4.38. The molecule has 1 aromatic carbocycles. The van der Waals surface area contributed by atoms with Gasteiger partial charge >= 0.3 is 0 Å². The molecule has 19 heavy (non-hydrogen) atoms. The highest BCUT2D eigenvalue weighted by Gasteiger charge is 2.16. The van der Waals surface area contributed by atoms with Gasteiger partial charge in [0.05, 0.1) is 19.1 Å². The fraction of sp³-hybridized carbons (Fsp3) is 0.286. The summed E-state index contributed by atoms with van der Waals surface area (Å²) in [5.74, 6) is 0.869. The van der Waals surface area contributed by atoms with Crippen LogP contribution in [0.1, 0.15) is 30.4 Å². The van der Waals surface area contributed by atoms with Crippen molar-refractivity contribution in [1.82, 2.24) is 0 Å². The second kappa shape index (κ2) is 6.61. The van der Waals surface area contributed by atoms with Crippen molar-refractivity contribution in [2.75, 3.05) is 0 Å². The minimum atomic E-state index is -0.162. The molecule has 0 radical (unpaired) electrons. The quantitative estimate of drug-likeness (QED) is 0.517. The molecule has 0 bridgehead atoms. The van der Waals surface area contributed by atoms with Gasteiger partial charge in [-0.15, -0.1) is 22.9 Å². The van der Waals surface area contributed by atoms with E-state index in [0.717, 1.165) is 24.4 Å². The van der Waals surface area contributed by atoms with Crippen LogP contribution in [0.5, 0.6) is 5.75 Å². The van der Waals surface area contributed by atoms with E-state index in [9.17, 15) is 0 Å². The van der Waals surface area contributed by atoms with Gasteiger partial charge in [0, 0.05) is 5.56 Å². The van der Waals surface area contributed by atoms with Gasteiger partial charge in [0.15, 0.2) is 0 Å². The molecule has 1 atom stereocenters. The Bertz CT molecular complexity index is 551. The molecular weight excluding hydrogens is 411 g/mol. The Labute approximate surface area is 139 Å². The van der Waals surface area contributed by atoms with E-state index in [0.29, 0.717) is 0 Å². The molecular formula is C14H13Br2ClOS. The lowest BCUT2D eigenvalue weighted by Crippen LogP contribution is -2.05. The summed E-state index contributed by atoms with van der Waals surface area (Å²) in [6.45, 7) is 4.02. The van der Waals surface area contributed by atoms with E-state index in [1.807, 2.05) is 44.2 Å². The molecule has 5 heteroatoms. The van der Waals surface area contributed by atoms with Gasteiger partial charge in [0.25, 0.3) is 0 Å². The maximum absolute atomic E-state index is 6.52. The summed E-state index contributed by atoms with van der Waals surface area (Å²) in [5.41, 5.74) is 2.14. The van der Waals surface area contributed by atoms with Crippen molar-refractivity contribution in [2.24, 2.45) is 0 Å². The number of ether oxygens (including phenoxy) is 1. The highest BCUT2D eigenvalue weighted by Crippen LogP contribution is 2.41. The fourth-order valence-corrected chi connectivity index (χ4v) is 5.11. The summed E-state index contributed by atoms with van der Waals surface area (Å²) >= 11 is 15.2. The molecule has 0 fully saturated rings. The molecule has 1 heterocycles. The summed E-state index contributed by atoms with van der Waals surface area (Å²) in [5, 5.41) is -0.162. The Hall–Kier alpha value is -0.0300. The lowest BCUT2D eigenvalue weighted by molar-refractivity contribution is 0.242. The highest BCUT2D eigenvalue weighted by molar-refractivity contribution is 9.12. The number of rotatable bonds is 4. The zero-order valence-corrected chi connectivity index (χ0v) is 15.2. The largest absolute Gasteiger partial charge is 0.491 e. The van der Waals surface area contributed by atoms with E-state index in [4.69, 9.17) is 16.3 Å². The van der Waals surface area contributed by atoms with E-state index in [1.165, 1.54) is 0 Å². The van der Waals surface area contributed by atoms with Gasteiger partial charge < -0.3 is 4.74 Å². The predicted molar refractivity (Wildman–Crippen MR) is 89.6 cm³/mol. The first-order chi connectivity index (χ1) is 8.97. The maximum Gasteiger partial charge on any atom is 0.119 e. The predicted octanol–water partition coefficient (Wildman–Crippen LogP) is 6.39. The SMILES string of the molecule is CC(C)Oc1ccc(C(Cl)c2cc(Br)sc2Br)cc1. The lowest BCUT2D eigenvalue weighted by atomic mass is 10.1. The van der Waals surface area contributed by atoms with Crippen LogP contribution in [0.2, 0.25) is 0 Å². The smallest absolute Gasteiger partial charge is 0.119 e. The molecule has 0 aliphatic rings. The third kappa shape index (κ3) is 3.97. The molecule has 1 nitrogen and oxygen atoms in total. The summed E-state index contributed by atoms with van der Waals surface area (Å²) in [4.78, 5) is 0. The lowest BCUT2D eigenvalue weighted by Gasteiger charge is -2.12. The van der Waals surface area contributed by atoms with Crippen LogP contribution in [-0.4, -0.2) is 6.10 Å².